The van der Waals surface area contributed by atoms with E-state index in [4.69, 9.17) is 18.9 Å². The predicted octanol–water partition coefficient (Wildman–Crippen LogP) is 1.70. The number of aliphatic hydroxyl groups is 1. The van der Waals surface area contributed by atoms with Gasteiger partial charge in [-0.25, -0.2) is 4.79 Å². The van der Waals surface area contributed by atoms with Crippen molar-refractivity contribution >= 4 is 17.1 Å². The van der Waals surface area contributed by atoms with Crippen molar-refractivity contribution in [1.82, 2.24) is 0 Å². The fourth-order valence-corrected chi connectivity index (χ4v) is 5.01. The Balaban J connectivity index is 1.81. The molecule has 1 spiro atoms. The Morgan fingerprint density at radius 1 is 1.46 bits per heavy atom. The van der Waals surface area contributed by atoms with E-state index in [1.807, 2.05) is 24.3 Å². The molecule has 7 nitrogen and oxygen atoms in total. The highest BCUT2D eigenvalue weighted by Crippen LogP contribution is 2.39. The molecular formula is C20H26O7S. The van der Waals surface area contributed by atoms with Crippen LogP contribution >= 0.6 is 0 Å². The van der Waals surface area contributed by atoms with Crippen molar-refractivity contribution in [3.63, 3.8) is 0 Å². The number of benzene rings is 1. The summed E-state index contributed by atoms with van der Waals surface area (Å²) in [4.78, 5) is 12.6. The summed E-state index contributed by atoms with van der Waals surface area (Å²) in [7, 11) is 1.58. The second kappa shape index (κ2) is 9.28. The summed E-state index contributed by atoms with van der Waals surface area (Å²) >= 11 is -1.33. The first kappa shape index (κ1) is 21.1. The van der Waals surface area contributed by atoms with Crippen LogP contribution in [0.25, 0.3) is 0 Å². The lowest BCUT2D eigenvalue weighted by atomic mass is 9.94. The quantitative estimate of drug-likeness (QED) is 0.540. The van der Waals surface area contributed by atoms with Crippen LogP contribution < -0.4 is 4.74 Å². The number of ether oxygens (including phenoxy) is 4. The summed E-state index contributed by atoms with van der Waals surface area (Å²) in [5.74, 6) is -0.579. The number of carbonyl (C=O) groups excluding carboxylic acids is 1. The Hall–Kier alpha value is -1.58. The van der Waals surface area contributed by atoms with Gasteiger partial charge in [0.1, 0.15) is 22.9 Å². The molecule has 1 saturated heterocycles. The number of methoxy groups -OCH3 is 1. The first-order valence-electron chi connectivity index (χ1n) is 9.33. The van der Waals surface area contributed by atoms with E-state index in [2.05, 4.69) is 0 Å². The topological polar surface area (TPSA) is 97.3 Å². The summed E-state index contributed by atoms with van der Waals surface area (Å²) in [5.41, 5.74) is 1.18. The summed E-state index contributed by atoms with van der Waals surface area (Å²) in [6, 6.07) is 7.39. The maximum absolute atomic E-state index is 13.1. The molecule has 1 aromatic carbocycles. The van der Waals surface area contributed by atoms with Gasteiger partial charge in [0.05, 0.1) is 32.5 Å². The second-order valence-corrected chi connectivity index (χ2v) is 8.39. The minimum atomic E-state index is -1.33. The van der Waals surface area contributed by atoms with Crippen LogP contribution in [0.2, 0.25) is 0 Å². The van der Waals surface area contributed by atoms with Gasteiger partial charge in [-0.15, -0.1) is 0 Å². The number of carbonyl (C=O) groups is 1. The van der Waals surface area contributed by atoms with Gasteiger partial charge in [-0.3, -0.25) is 0 Å². The molecule has 0 saturated carbocycles. The van der Waals surface area contributed by atoms with Crippen LogP contribution in [-0.2, 0) is 35.9 Å². The van der Waals surface area contributed by atoms with Crippen LogP contribution in [-0.4, -0.2) is 59.7 Å². The molecule has 0 bridgehead atoms. The second-order valence-electron chi connectivity index (χ2n) is 6.77. The molecule has 8 heteroatoms. The van der Waals surface area contributed by atoms with Gasteiger partial charge in [0.2, 0.25) is 0 Å². The van der Waals surface area contributed by atoms with Crippen LogP contribution in [0.5, 0.6) is 5.75 Å². The summed E-state index contributed by atoms with van der Waals surface area (Å²) in [6.45, 7) is 2.04. The van der Waals surface area contributed by atoms with Gasteiger partial charge in [0.15, 0.2) is 5.79 Å². The molecular weight excluding hydrogens is 384 g/mol. The van der Waals surface area contributed by atoms with E-state index in [1.165, 1.54) is 0 Å². The van der Waals surface area contributed by atoms with Gasteiger partial charge < -0.3 is 28.6 Å². The van der Waals surface area contributed by atoms with E-state index in [-0.39, 0.29) is 19.8 Å². The molecule has 0 radical (unpaired) electrons. The van der Waals surface area contributed by atoms with E-state index in [1.54, 1.807) is 20.1 Å². The highest BCUT2D eigenvalue weighted by Gasteiger charge is 2.48. The van der Waals surface area contributed by atoms with Crippen molar-refractivity contribution in [3.05, 3.63) is 41.5 Å². The summed E-state index contributed by atoms with van der Waals surface area (Å²) < 4.78 is 35.1. The molecule has 1 heterocycles. The molecule has 3 unspecified atom stereocenters. The molecule has 154 valence electrons. The molecule has 0 amide bonds. The normalized spacial score (nSPS) is 28.1. The third-order valence-corrected chi connectivity index (χ3v) is 6.57. The maximum Gasteiger partial charge on any atom is 0.338 e. The zero-order valence-electron chi connectivity index (χ0n) is 16.1. The number of esters is 1. The maximum atomic E-state index is 13.1. The first-order chi connectivity index (χ1) is 13.5. The Kier molecular flexibility index (Phi) is 7.00. The average Bonchev–Trinajstić information content (AvgIpc) is 3.10. The van der Waals surface area contributed by atoms with Crippen molar-refractivity contribution < 1.29 is 33.4 Å². The largest absolute Gasteiger partial charge is 0.616 e. The van der Waals surface area contributed by atoms with Gasteiger partial charge >= 0.3 is 5.97 Å². The summed E-state index contributed by atoms with van der Waals surface area (Å²) in [6.07, 6.45) is 2.08. The molecule has 3 rings (SSSR count). The fourth-order valence-electron chi connectivity index (χ4n) is 3.48. The highest BCUT2D eigenvalue weighted by molar-refractivity contribution is 7.91. The standard InChI is InChI=1S/C20H26O7S/c1-3-25-19(22)17-10-20(26-12-16(11-21)27-20)8-7-18(17)28(23)13-14-5-4-6-15(9-14)24-2/h4-6,9-10,16,18,21H,3,7-8,11-13H2,1-2H3/t16-,18?,20?,28?/m1/s1. The van der Waals surface area contributed by atoms with Gasteiger partial charge in [-0.05, 0) is 36.3 Å². The van der Waals surface area contributed by atoms with Crippen molar-refractivity contribution in [1.29, 1.82) is 0 Å². The Bertz CT molecular complexity index is 722. The van der Waals surface area contributed by atoms with Crippen molar-refractivity contribution in [2.24, 2.45) is 0 Å². The molecule has 28 heavy (non-hydrogen) atoms. The van der Waals surface area contributed by atoms with Gasteiger partial charge in [0.25, 0.3) is 0 Å². The smallest absolute Gasteiger partial charge is 0.338 e. The Morgan fingerprint density at radius 3 is 2.96 bits per heavy atom. The minimum Gasteiger partial charge on any atom is -0.616 e. The van der Waals surface area contributed by atoms with Gasteiger partial charge in [0, 0.05) is 18.4 Å². The molecule has 4 atom stereocenters. The molecule has 2 aliphatic rings. The lowest BCUT2D eigenvalue weighted by molar-refractivity contribution is -0.148. The van der Waals surface area contributed by atoms with E-state index >= 15 is 0 Å². The van der Waals surface area contributed by atoms with E-state index < -0.39 is 34.3 Å². The van der Waals surface area contributed by atoms with E-state index in [9.17, 15) is 14.5 Å². The van der Waals surface area contributed by atoms with Crippen LogP contribution in [0.3, 0.4) is 0 Å². The molecule has 1 N–H and O–H groups in total. The van der Waals surface area contributed by atoms with E-state index in [0.29, 0.717) is 29.9 Å². The van der Waals surface area contributed by atoms with Gasteiger partial charge in [-0.1, -0.05) is 12.1 Å². The Morgan fingerprint density at radius 2 is 2.29 bits per heavy atom. The lowest BCUT2D eigenvalue weighted by Crippen LogP contribution is -2.41. The zero-order chi connectivity index (χ0) is 20.1. The molecule has 1 aliphatic heterocycles. The number of hydrogen-bond acceptors (Lipinski definition) is 7. The van der Waals surface area contributed by atoms with Crippen LogP contribution in [0.1, 0.15) is 25.3 Å². The number of aliphatic hydroxyl groups excluding tert-OH is 1. The third-order valence-electron chi connectivity index (χ3n) is 4.83. The fraction of sp³-hybridized carbons (Fsp3) is 0.550. The van der Waals surface area contributed by atoms with Gasteiger partial charge in [-0.2, -0.15) is 0 Å². The Labute approximate surface area is 167 Å². The van der Waals surface area contributed by atoms with Crippen molar-refractivity contribution in [3.8, 4) is 5.75 Å². The van der Waals surface area contributed by atoms with Crippen LogP contribution in [0, 0.1) is 0 Å². The van der Waals surface area contributed by atoms with Crippen LogP contribution in [0.15, 0.2) is 35.9 Å². The lowest BCUT2D eigenvalue weighted by Gasteiger charge is -2.34. The number of rotatable bonds is 7. The predicted molar refractivity (Wildman–Crippen MR) is 103 cm³/mol. The average molecular weight is 410 g/mol. The molecule has 1 aliphatic carbocycles. The molecule has 1 aromatic rings. The third kappa shape index (κ3) is 4.69. The summed E-state index contributed by atoms with van der Waals surface area (Å²) in [5, 5.41) is 8.83. The first-order valence-corrected chi connectivity index (χ1v) is 10.7. The van der Waals surface area contributed by atoms with Crippen LogP contribution in [0.4, 0.5) is 0 Å². The molecule has 0 aromatic heterocycles. The monoisotopic (exact) mass is 410 g/mol. The highest BCUT2D eigenvalue weighted by atomic mass is 32.2. The molecule has 1 fully saturated rings. The minimum absolute atomic E-state index is 0.157. The number of hydrogen-bond donors (Lipinski definition) is 1. The SMILES string of the molecule is CCOC(=O)C1=CC2(CCC1[S+]([O-])Cc1cccc(OC)c1)OC[C@@H](CO)O2. The zero-order valence-corrected chi connectivity index (χ0v) is 16.9. The van der Waals surface area contributed by atoms with E-state index in [0.717, 1.165) is 5.56 Å². The van der Waals surface area contributed by atoms with Crippen molar-refractivity contribution in [2.45, 2.75) is 42.7 Å². The van der Waals surface area contributed by atoms with Crippen molar-refractivity contribution in [2.75, 3.05) is 26.9 Å².